The summed E-state index contributed by atoms with van der Waals surface area (Å²) in [6.07, 6.45) is 0.878. The molecule has 4 aliphatic carbocycles. The Morgan fingerprint density at radius 3 is 2.30 bits per heavy atom. The molecule has 0 aliphatic heterocycles. The van der Waals surface area contributed by atoms with Gasteiger partial charge in [0.25, 0.3) is 0 Å². The van der Waals surface area contributed by atoms with Crippen molar-refractivity contribution >= 4 is 23.3 Å². The summed E-state index contributed by atoms with van der Waals surface area (Å²) < 4.78 is 0. The van der Waals surface area contributed by atoms with E-state index in [4.69, 9.17) is 5.11 Å². The predicted octanol–water partition coefficient (Wildman–Crippen LogP) is 4.05. The third kappa shape index (κ3) is 2.95. The second-order valence-corrected chi connectivity index (χ2v) is 12.0. The quantitative estimate of drug-likeness (QED) is 0.618. The molecule has 0 aromatic rings. The third-order valence-electron chi connectivity index (χ3n) is 10.2. The Kier molecular flexibility index (Phi) is 5.25. The van der Waals surface area contributed by atoms with Crippen LogP contribution in [0.5, 0.6) is 0 Å². The summed E-state index contributed by atoms with van der Waals surface area (Å²) >= 11 is 0. The summed E-state index contributed by atoms with van der Waals surface area (Å²) in [4.78, 5) is 51.4. The average Bonchev–Trinajstić information content (AvgIpc) is 2.92. The minimum atomic E-state index is -1.02. The number of hydrogen-bond donors (Lipinski definition) is 2. The van der Waals surface area contributed by atoms with Gasteiger partial charge < -0.3 is 10.2 Å². The third-order valence-corrected chi connectivity index (χ3v) is 10.2. The summed E-state index contributed by atoms with van der Waals surface area (Å²) in [7, 11) is 0. The van der Waals surface area contributed by atoms with Gasteiger partial charge in [0.05, 0.1) is 11.5 Å². The maximum atomic E-state index is 13.9. The molecule has 180 valence electrons. The monoisotopic (exact) mass is 456 g/mol. The highest BCUT2D eigenvalue weighted by Gasteiger charge is 2.70. The highest BCUT2D eigenvalue weighted by Crippen LogP contribution is 2.70. The van der Waals surface area contributed by atoms with E-state index in [2.05, 4.69) is 6.58 Å². The summed E-state index contributed by atoms with van der Waals surface area (Å²) in [6, 6.07) is 0. The van der Waals surface area contributed by atoms with Gasteiger partial charge in [-0.3, -0.25) is 19.2 Å². The van der Waals surface area contributed by atoms with E-state index in [0.717, 1.165) is 0 Å². The molecule has 0 unspecified atom stereocenters. The Balaban J connectivity index is 1.86. The van der Waals surface area contributed by atoms with Crippen molar-refractivity contribution in [2.24, 2.45) is 33.5 Å². The molecule has 0 heterocycles. The van der Waals surface area contributed by atoms with Crippen molar-refractivity contribution in [1.29, 1.82) is 0 Å². The van der Waals surface area contributed by atoms with Gasteiger partial charge in [0, 0.05) is 42.1 Å². The highest BCUT2D eigenvalue weighted by molar-refractivity contribution is 6.05. The minimum absolute atomic E-state index is 0.0151. The first-order valence-electron chi connectivity index (χ1n) is 12.0. The number of aliphatic hydroxyl groups is 1. The fourth-order valence-corrected chi connectivity index (χ4v) is 8.08. The number of carboxylic acids is 1. The lowest BCUT2D eigenvalue weighted by Gasteiger charge is -2.60. The first-order valence-corrected chi connectivity index (χ1v) is 12.0. The lowest BCUT2D eigenvalue weighted by molar-refractivity contribution is -0.146. The fraction of sp³-hybridized carbons (Fsp3) is 0.704. The van der Waals surface area contributed by atoms with Crippen LogP contribution in [0.4, 0.5) is 0 Å². The molecule has 2 saturated carbocycles. The van der Waals surface area contributed by atoms with Crippen molar-refractivity contribution in [1.82, 2.24) is 0 Å². The minimum Gasteiger partial charge on any atom is -0.481 e. The predicted molar refractivity (Wildman–Crippen MR) is 122 cm³/mol. The zero-order valence-electron chi connectivity index (χ0n) is 20.4. The molecule has 0 bridgehead atoms. The van der Waals surface area contributed by atoms with Crippen molar-refractivity contribution in [3.8, 4) is 0 Å². The van der Waals surface area contributed by atoms with Crippen molar-refractivity contribution in [3.05, 3.63) is 23.3 Å². The number of rotatable bonds is 4. The van der Waals surface area contributed by atoms with Gasteiger partial charge in [-0.05, 0) is 49.0 Å². The van der Waals surface area contributed by atoms with Crippen LogP contribution in [-0.2, 0) is 19.2 Å². The second kappa shape index (κ2) is 7.21. The number of hydrogen-bond acceptors (Lipinski definition) is 5. The van der Waals surface area contributed by atoms with E-state index in [-0.39, 0.29) is 54.9 Å². The van der Waals surface area contributed by atoms with Crippen molar-refractivity contribution in [2.45, 2.75) is 85.7 Å². The molecule has 6 atom stereocenters. The highest BCUT2D eigenvalue weighted by atomic mass is 16.4. The van der Waals surface area contributed by atoms with Gasteiger partial charge in [0.1, 0.15) is 11.6 Å². The number of carbonyl (C=O) groups is 4. The Morgan fingerprint density at radius 1 is 1.06 bits per heavy atom. The van der Waals surface area contributed by atoms with Gasteiger partial charge in [-0.2, -0.15) is 0 Å². The van der Waals surface area contributed by atoms with Crippen LogP contribution < -0.4 is 0 Å². The zero-order chi connectivity index (χ0) is 24.7. The largest absolute Gasteiger partial charge is 0.481 e. The van der Waals surface area contributed by atoms with Gasteiger partial charge in [0.2, 0.25) is 0 Å². The summed E-state index contributed by atoms with van der Waals surface area (Å²) in [5.74, 6) is -1.31. The molecule has 0 saturated heterocycles. The lowest BCUT2D eigenvalue weighted by atomic mass is 9.42. The van der Waals surface area contributed by atoms with Crippen molar-refractivity contribution in [3.63, 3.8) is 0 Å². The number of Topliss-reactive ketones (excluding diaryl/α,β-unsaturated/α-hetero) is 3. The van der Waals surface area contributed by atoms with E-state index in [9.17, 15) is 24.3 Å². The summed E-state index contributed by atoms with van der Waals surface area (Å²) in [5, 5.41) is 20.6. The van der Waals surface area contributed by atoms with Crippen LogP contribution in [0.3, 0.4) is 0 Å². The maximum Gasteiger partial charge on any atom is 0.303 e. The molecule has 0 radical (unpaired) electrons. The second-order valence-electron chi connectivity index (χ2n) is 12.0. The van der Waals surface area contributed by atoms with E-state index in [0.29, 0.717) is 36.0 Å². The van der Waals surface area contributed by atoms with Gasteiger partial charge in [-0.25, -0.2) is 0 Å². The Bertz CT molecular complexity index is 1020. The van der Waals surface area contributed by atoms with Gasteiger partial charge in [-0.1, -0.05) is 39.8 Å². The van der Waals surface area contributed by atoms with Gasteiger partial charge in [0.15, 0.2) is 5.78 Å². The van der Waals surface area contributed by atoms with Crippen LogP contribution in [0.2, 0.25) is 0 Å². The van der Waals surface area contributed by atoms with Crippen molar-refractivity contribution < 1.29 is 29.4 Å². The van der Waals surface area contributed by atoms with Crippen LogP contribution in [0.1, 0.15) is 79.6 Å². The molecule has 2 N–H and O–H groups in total. The van der Waals surface area contributed by atoms with Crippen LogP contribution in [0.15, 0.2) is 23.3 Å². The molecule has 4 rings (SSSR count). The topological polar surface area (TPSA) is 109 Å². The fourth-order valence-electron chi connectivity index (χ4n) is 8.08. The molecule has 0 amide bonds. The molecule has 2 fully saturated rings. The Morgan fingerprint density at radius 2 is 1.70 bits per heavy atom. The molecule has 33 heavy (non-hydrogen) atoms. The van der Waals surface area contributed by atoms with Gasteiger partial charge in [-0.15, -0.1) is 0 Å². The SMILES string of the molecule is C=C(CCC(=O)O)[C@H]1CC(=O)[C@@]2(C)C3=C(C(=O)C[C@]12C)[C@@]1(C)CCC(=O)C(C)(C)[C@H]1C[C@@H]3O. The number of ketones is 3. The molecule has 0 spiro atoms. The molecule has 0 aromatic carbocycles. The van der Waals surface area contributed by atoms with E-state index in [1.165, 1.54) is 0 Å². The smallest absolute Gasteiger partial charge is 0.303 e. The van der Waals surface area contributed by atoms with Gasteiger partial charge >= 0.3 is 5.97 Å². The molecule has 6 nitrogen and oxygen atoms in total. The Labute approximate surface area is 195 Å². The van der Waals surface area contributed by atoms with E-state index < -0.39 is 33.7 Å². The number of carboxylic acid groups (broad SMARTS) is 1. The summed E-state index contributed by atoms with van der Waals surface area (Å²) in [5.41, 5.74) is -1.17. The first kappa shape index (κ1) is 24.1. The van der Waals surface area contributed by atoms with Crippen molar-refractivity contribution in [2.75, 3.05) is 0 Å². The van der Waals surface area contributed by atoms with E-state index >= 15 is 0 Å². The number of carbonyl (C=O) groups excluding carboxylic acids is 3. The number of aliphatic carboxylic acids is 1. The standard InChI is InChI=1S/C27H36O6/c1-14(7-8-21(32)33)15-11-20(31)27(6)23-16(28)12-18-24(2,3)19(30)9-10-25(18,4)22(23)17(29)13-26(15,27)5/h15-16,18,28H,1,7-13H2,2-6H3,(H,32,33)/t15-,16+,18-,25+,26-,27+/m1/s1. The van der Waals surface area contributed by atoms with Crippen LogP contribution in [0.25, 0.3) is 0 Å². The lowest BCUT2D eigenvalue weighted by Crippen LogP contribution is -2.59. The molecule has 4 aliphatic rings. The number of allylic oxidation sites excluding steroid dienone is 2. The van der Waals surface area contributed by atoms with Crippen LogP contribution >= 0.6 is 0 Å². The summed E-state index contributed by atoms with van der Waals surface area (Å²) in [6.45, 7) is 13.8. The maximum absolute atomic E-state index is 13.9. The molecule has 6 heteroatoms. The van der Waals surface area contributed by atoms with Crippen LogP contribution in [-0.4, -0.2) is 39.6 Å². The number of fused-ring (bicyclic) bond motifs is 4. The van der Waals surface area contributed by atoms with E-state index in [1.807, 2.05) is 34.6 Å². The van der Waals surface area contributed by atoms with E-state index in [1.54, 1.807) is 0 Å². The molecular formula is C27H36O6. The zero-order valence-corrected chi connectivity index (χ0v) is 20.4. The molecule has 0 aromatic heterocycles. The Hall–Kier alpha value is -2.08. The molecular weight excluding hydrogens is 420 g/mol. The average molecular weight is 457 g/mol. The number of aliphatic hydroxyl groups excluding tert-OH is 1. The first-order chi connectivity index (χ1) is 15.1. The normalized spacial score (nSPS) is 42.0. The van der Waals surface area contributed by atoms with Crippen LogP contribution in [0, 0.1) is 33.5 Å².